The van der Waals surface area contributed by atoms with E-state index >= 15 is 0 Å². The Kier molecular flexibility index (Phi) is 3.78. The first-order chi connectivity index (χ1) is 11.7. The quantitative estimate of drug-likeness (QED) is 0.739. The highest BCUT2D eigenvalue weighted by Gasteiger charge is 2.20. The fraction of sp³-hybridized carbons (Fsp3) is 0.294. The van der Waals surface area contributed by atoms with Gasteiger partial charge in [0.1, 0.15) is 17.2 Å². The van der Waals surface area contributed by atoms with Crippen LogP contribution >= 0.6 is 0 Å². The van der Waals surface area contributed by atoms with Gasteiger partial charge in [-0.15, -0.1) is 0 Å². The van der Waals surface area contributed by atoms with Crippen LogP contribution in [-0.2, 0) is 19.6 Å². The van der Waals surface area contributed by atoms with E-state index in [9.17, 15) is 4.39 Å². The molecular formula is C17H17FN6. The van der Waals surface area contributed by atoms with Crippen LogP contribution in [0.4, 0.5) is 4.39 Å². The molecule has 4 heterocycles. The van der Waals surface area contributed by atoms with Crippen LogP contribution < -0.4 is 0 Å². The lowest BCUT2D eigenvalue weighted by molar-refractivity contribution is 0.205. The molecule has 0 bridgehead atoms. The zero-order chi connectivity index (χ0) is 16.5. The van der Waals surface area contributed by atoms with Crippen molar-refractivity contribution >= 4 is 0 Å². The van der Waals surface area contributed by atoms with Crippen molar-refractivity contribution in [2.75, 3.05) is 6.54 Å². The van der Waals surface area contributed by atoms with Gasteiger partial charge in [0.05, 0.1) is 12.2 Å². The van der Waals surface area contributed by atoms with Gasteiger partial charge in [-0.05, 0) is 25.1 Å². The molecule has 0 atom stereocenters. The van der Waals surface area contributed by atoms with Gasteiger partial charge < -0.3 is 0 Å². The Morgan fingerprint density at radius 2 is 2.00 bits per heavy atom. The fourth-order valence-electron chi connectivity index (χ4n) is 2.90. The Bertz CT molecular complexity index is 858. The maximum Gasteiger partial charge on any atom is 0.151 e. The highest BCUT2D eigenvalue weighted by molar-refractivity contribution is 5.55. The van der Waals surface area contributed by atoms with Gasteiger partial charge in [0.2, 0.25) is 0 Å². The Hall–Kier alpha value is -2.67. The van der Waals surface area contributed by atoms with Gasteiger partial charge in [-0.25, -0.2) is 14.4 Å². The Balaban J connectivity index is 1.53. The summed E-state index contributed by atoms with van der Waals surface area (Å²) in [5.41, 5.74) is 3.04. The average molecular weight is 324 g/mol. The first kappa shape index (κ1) is 14.9. The van der Waals surface area contributed by atoms with Gasteiger partial charge in [-0.1, -0.05) is 0 Å². The molecule has 24 heavy (non-hydrogen) atoms. The van der Waals surface area contributed by atoms with Crippen LogP contribution in [-0.4, -0.2) is 36.2 Å². The molecule has 0 N–H and O–H groups in total. The molecule has 0 fully saturated rings. The molecule has 1 aliphatic rings. The van der Waals surface area contributed by atoms with E-state index in [4.69, 9.17) is 0 Å². The van der Waals surface area contributed by atoms with Gasteiger partial charge in [-0.2, -0.15) is 5.10 Å². The molecule has 4 rings (SSSR count). The molecule has 0 spiro atoms. The first-order valence-corrected chi connectivity index (χ1v) is 7.86. The summed E-state index contributed by atoms with van der Waals surface area (Å²) in [7, 11) is 0. The summed E-state index contributed by atoms with van der Waals surface area (Å²) in [6.45, 7) is 5.08. The minimum Gasteiger partial charge on any atom is -0.291 e. The number of pyridine rings is 1. The fourth-order valence-corrected chi connectivity index (χ4v) is 2.90. The lowest BCUT2D eigenvalue weighted by Gasteiger charge is -2.27. The molecule has 1 aliphatic heterocycles. The maximum atomic E-state index is 13.9. The molecule has 7 heteroatoms. The Labute approximate surface area is 139 Å². The molecule has 0 unspecified atom stereocenters. The minimum absolute atomic E-state index is 0.304. The number of halogens is 1. The number of nitrogens with zero attached hydrogens (tertiary/aromatic N) is 6. The molecule has 0 aromatic carbocycles. The zero-order valence-corrected chi connectivity index (χ0v) is 13.4. The second kappa shape index (κ2) is 6.09. The third kappa shape index (κ3) is 2.90. The van der Waals surface area contributed by atoms with Crippen LogP contribution in [0.5, 0.6) is 0 Å². The monoisotopic (exact) mass is 324 g/mol. The smallest absolute Gasteiger partial charge is 0.151 e. The lowest BCUT2D eigenvalue weighted by Crippen LogP contribution is -2.33. The highest BCUT2D eigenvalue weighted by Crippen LogP contribution is 2.23. The predicted molar refractivity (Wildman–Crippen MR) is 86.3 cm³/mol. The zero-order valence-electron chi connectivity index (χ0n) is 13.4. The van der Waals surface area contributed by atoms with Crippen molar-refractivity contribution in [3.63, 3.8) is 0 Å². The van der Waals surface area contributed by atoms with Gasteiger partial charge in [0.15, 0.2) is 5.82 Å². The Morgan fingerprint density at radius 3 is 2.79 bits per heavy atom. The van der Waals surface area contributed by atoms with Crippen molar-refractivity contribution in [2.45, 2.75) is 26.6 Å². The number of hydrogen-bond acceptors (Lipinski definition) is 5. The van der Waals surface area contributed by atoms with Crippen LogP contribution in [0.1, 0.15) is 17.1 Å². The summed E-state index contributed by atoms with van der Waals surface area (Å²) in [6, 6.07) is 4.91. The van der Waals surface area contributed by atoms with Gasteiger partial charge in [-0.3, -0.25) is 14.6 Å². The largest absolute Gasteiger partial charge is 0.291 e. The number of fused-ring (bicyclic) bond motifs is 1. The van der Waals surface area contributed by atoms with Crippen molar-refractivity contribution in [3.05, 3.63) is 59.7 Å². The molecule has 3 aromatic rings. The van der Waals surface area contributed by atoms with Crippen molar-refractivity contribution in [1.82, 2.24) is 29.6 Å². The molecule has 0 amide bonds. The number of aryl methyl sites for hydroxylation is 1. The topological polar surface area (TPSA) is 59.7 Å². The van der Waals surface area contributed by atoms with E-state index in [1.54, 1.807) is 12.3 Å². The van der Waals surface area contributed by atoms with Crippen molar-refractivity contribution in [2.24, 2.45) is 0 Å². The summed E-state index contributed by atoms with van der Waals surface area (Å²) in [6.07, 6.45) is 5.31. The van der Waals surface area contributed by atoms with Crippen molar-refractivity contribution in [3.8, 4) is 11.4 Å². The normalized spacial score (nSPS) is 14.6. The molecule has 3 aromatic heterocycles. The summed E-state index contributed by atoms with van der Waals surface area (Å²) in [4.78, 5) is 14.9. The third-order valence-electron chi connectivity index (χ3n) is 4.12. The third-order valence-corrected chi connectivity index (χ3v) is 4.12. The molecule has 122 valence electrons. The molecule has 6 nitrogen and oxygen atoms in total. The predicted octanol–water partition coefficient (Wildman–Crippen LogP) is 2.20. The first-order valence-electron chi connectivity index (χ1n) is 7.86. The minimum atomic E-state index is -0.346. The van der Waals surface area contributed by atoms with Gasteiger partial charge in [0.25, 0.3) is 0 Å². The van der Waals surface area contributed by atoms with E-state index in [0.717, 1.165) is 43.3 Å². The molecule has 0 saturated heterocycles. The van der Waals surface area contributed by atoms with Crippen molar-refractivity contribution < 1.29 is 4.39 Å². The van der Waals surface area contributed by atoms with E-state index in [-0.39, 0.29) is 5.82 Å². The van der Waals surface area contributed by atoms with Crippen molar-refractivity contribution in [1.29, 1.82) is 0 Å². The summed E-state index contributed by atoms with van der Waals surface area (Å²) >= 11 is 0. The summed E-state index contributed by atoms with van der Waals surface area (Å²) in [5.74, 6) is 0.430. The Morgan fingerprint density at radius 1 is 1.17 bits per heavy atom. The SMILES string of the molecule is Cc1ncc(CN2CCn3nc(-c4ncccc4F)cc3C2)cn1. The van der Waals surface area contributed by atoms with E-state index in [2.05, 4.69) is 25.0 Å². The van der Waals surface area contributed by atoms with E-state index in [1.807, 2.05) is 30.1 Å². The number of aromatic nitrogens is 5. The van der Waals surface area contributed by atoms with Crippen LogP contribution in [0.15, 0.2) is 36.8 Å². The standard InChI is InChI=1S/C17H17FN6/c1-12-20-8-13(9-21-12)10-23-5-6-24-14(11-23)7-16(22-24)17-15(18)3-2-4-19-17/h2-4,7-9H,5-6,10-11H2,1H3. The molecule has 0 saturated carbocycles. The van der Waals surface area contributed by atoms with E-state index in [1.165, 1.54) is 6.07 Å². The molecule has 0 radical (unpaired) electrons. The van der Waals surface area contributed by atoms with E-state index < -0.39 is 0 Å². The van der Waals surface area contributed by atoms with Crippen LogP contribution in [0, 0.1) is 12.7 Å². The van der Waals surface area contributed by atoms with Crippen LogP contribution in [0.3, 0.4) is 0 Å². The second-order valence-electron chi connectivity index (χ2n) is 5.93. The maximum absolute atomic E-state index is 13.9. The van der Waals surface area contributed by atoms with Gasteiger partial charge >= 0.3 is 0 Å². The van der Waals surface area contributed by atoms with E-state index in [0.29, 0.717) is 11.4 Å². The lowest BCUT2D eigenvalue weighted by atomic mass is 10.2. The molecular weight excluding hydrogens is 307 g/mol. The average Bonchev–Trinajstić information content (AvgIpc) is 3.00. The number of rotatable bonds is 3. The summed E-state index contributed by atoms with van der Waals surface area (Å²) in [5, 5.41) is 4.50. The van der Waals surface area contributed by atoms with Gasteiger partial charge in [0, 0.05) is 43.8 Å². The summed E-state index contributed by atoms with van der Waals surface area (Å²) < 4.78 is 15.8. The highest BCUT2D eigenvalue weighted by atomic mass is 19.1. The van der Waals surface area contributed by atoms with Crippen LogP contribution in [0.25, 0.3) is 11.4 Å². The van der Waals surface area contributed by atoms with Crippen LogP contribution in [0.2, 0.25) is 0 Å². The molecule has 0 aliphatic carbocycles. The second-order valence-corrected chi connectivity index (χ2v) is 5.93. The number of hydrogen-bond donors (Lipinski definition) is 0.